The zero-order chi connectivity index (χ0) is 30.5. The highest BCUT2D eigenvalue weighted by molar-refractivity contribution is 7.92. The van der Waals surface area contributed by atoms with Crippen molar-refractivity contribution in [2.24, 2.45) is 0 Å². The van der Waals surface area contributed by atoms with Crippen LogP contribution in [0.3, 0.4) is 0 Å². The summed E-state index contributed by atoms with van der Waals surface area (Å²) in [7, 11) is -4.26. The maximum atomic E-state index is 14.1. The van der Waals surface area contributed by atoms with E-state index in [1.807, 2.05) is 20.8 Å². The van der Waals surface area contributed by atoms with E-state index in [-0.39, 0.29) is 39.5 Å². The molecule has 7 nitrogen and oxygen atoms in total. The predicted octanol–water partition coefficient (Wildman–Crippen LogP) is 7.22. The molecule has 0 aliphatic heterocycles. The number of carbonyl (C=O) groups is 2. The Labute approximate surface area is 261 Å². The van der Waals surface area contributed by atoms with Crippen molar-refractivity contribution in [2.75, 3.05) is 10.8 Å². The fourth-order valence-electron chi connectivity index (χ4n) is 4.14. The fraction of sp³-hybridized carbons (Fsp3) is 0.310. The molecular weight excluding hydrogens is 628 g/mol. The first kappa shape index (κ1) is 33.0. The van der Waals surface area contributed by atoms with Gasteiger partial charge in [0.1, 0.15) is 12.6 Å². The number of amides is 2. The van der Waals surface area contributed by atoms with Gasteiger partial charge in [-0.2, -0.15) is 0 Å². The molecule has 0 unspecified atom stereocenters. The van der Waals surface area contributed by atoms with Gasteiger partial charge in [-0.3, -0.25) is 13.9 Å². The quantitative estimate of drug-likeness (QED) is 0.249. The summed E-state index contributed by atoms with van der Waals surface area (Å²) in [6.07, 6.45) is 0.257. The molecule has 0 aliphatic carbocycles. The number of halogens is 4. The predicted molar refractivity (Wildman–Crippen MR) is 166 cm³/mol. The number of nitrogens with one attached hydrogen (secondary N) is 1. The summed E-state index contributed by atoms with van der Waals surface area (Å²) in [5.74, 6) is -1.02. The van der Waals surface area contributed by atoms with E-state index >= 15 is 0 Å². The first-order valence-corrected chi connectivity index (χ1v) is 15.7. The summed E-state index contributed by atoms with van der Waals surface area (Å²) < 4.78 is 28.7. The van der Waals surface area contributed by atoms with Crippen LogP contribution in [-0.4, -0.2) is 43.3 Å². The second-order valence-electron chi connectivity index (χ2n) is 10.4. The van der Waals surface area contributed by atoms with Gasteiger partial charge in [0.25, 0.3) is 10.0 Å². The maximum Gasteiger partial charge on any atom is 0.264 e. The van der Waals surface area contributed by atoms with E-state index < -0.39 is 34.1 Å². The molecule has 0 saturated carbocycles. The third-order valence-electron chi connectivity index (χ3n) is 5.99. The normalized spacial score (nSPS) is 12.5. The monoisotopic (exact) mass is 657 g/mol. The number of carbonyl (C=O) groups excluding carboxylic acids is 2. The van der Waals surface area contributed by atoms with Crippen LogP contribution in [-0.2, 0) is 26.2 Å². The van der Waals surface area contributed by atoms with Crippen molar-refractivity contribution < 1.29 is 18.0 Å². The molecule has 3 rings (SSSR count). The highest BCUT2D eigenvalue weighted by Crippen LogP contribution is 2.31. The lowest BCUT2D eigenvalue weighted by atomic mass is 10.1. The molecule has 0 aromatic heterocycles. The van der Waals surface area contributed by atoms with E-state index in [1.165, 1.54) is 41.3 Å². The number of rotatable bonds is 10. The second kappa shape index (κ2) is 13.7. The van der Waals surface area contributed by atoms with Gasteiger partial charge in [0.05, 0.1) is 10.6 Å². The Bertz CT molecular complexity index is 1490. The van der Waals surface area contributed by atoms with Crippen molar-refractivity contribution >= 4 is 73.9 Å². The van der Waals surface area contributed by atoms with E-state index in [9.17, 15) is 18.0 Å². The second-order valence-corrected chi connectivity index (χ2v) is 14.0. The van der Waals surface area contributed by atoms with Crippen molar-refractivity contribution in [1.29, 1.82) is 0 Å². The number of nitrogens with zero attached hydrogens (tertiary/aromatic N) is 2. The Morgan fingerprint density at radius 3 is 2.02 bits per heavy atom. The van der Waals surface area contributed by atoms with Crippen LogP contribution in [0.5, 0.6) is 0 Å². The summed E-state index contributed by atoms with van der Waals surface area (Å²) in [6.45, 7) is 6.55. The molecule has 0 radical (unpaired) electrons. The Hall–Kier alpha value is -2.49. The van der Waals surface area contributed by atoms with Gasteiger partial charge >= 0.3 is 0 Å². The minimum absolute atomic E-state index is 0.0336. The molecule has 0 spiro atoms. The molecule has 3 aromatic rings. The van der Waals surface area contributed by atoms with Crippen LogP contribution in [0, 0.1) is 0 Å². The van der Waals surface area contributed by atoms with Crippen LogP contribution >= 0.6 is 46.4 Å². The van der Waals surface area contributed by atoms with Gasteiger partial charge in [-0.05, 0) is 75.2 Å². The average molecular weight is 659 g/mol. The lowest BCUT2D eigenvalue weighted by Gasteiger charge is -2.35. The van der Waals surface area contributed by atoms with Gasteiger partial charge in [0, 0.05) is 32.2 Å². The molecule has 1 N–H and O–H groups in total. The molecule has 41 heavy (non-hydrogen) atoms. The Kier molecular flexibility index (Phi) is 11.0. The third kappa shape index (κ3) is 8.75. The zero-order valence-electron chi connectivity index (χ0n) is 23.0. The average Bonchev–Trinajstić information content (AvgIpc) is 2.87. The number of sulfonamides is 1. The molecule has 0 heterocycles. The van der Waals surface area contributed by atoms with E-state index in [0.717, 1.165) is 4.31 Å². The molecule has 3 aromatic carbocycles. The van der Waals surface area contributed by atoms with Gasteiger partial charge in [-0.1, -0.05) is 77.6 Å². The molecule has 0 fully saturated rings. The molecule has 12 heteroatoms. The van der Waals surface area contributed by atoms with Crippen LogP contribution in [0.25, 0.3) is 0 Å². The van der Waals surface area contributed by atoms with Gasteiger partial charge < -0.3 is 10.2 Å². The zero-order valence-corrected chi connectivity index (χ0v) is 26.8. The lowest BCUT2D eigenvalue weighted by Crippen LogP contribution is -2.55. The van der Waals surface area contributed by atoms with E-state index in [1.54, 1.807) is 37.3 Å². The van der Waals surface area contributed by atoms with Gasteiger partial charge in [-0.15, -0.1) is 0 Å². The largest absolute Gasteiger partial charge is 0.350 e. The maximum absolute atomic E-state index is 14.1. The van der Waals surface area contributed by atoms with E-state index in [0.29, 0.717) is 15.6 Å². The molecular formula is C29H31Cl4N3O4S. The van der Waals surface area contributed by atoms with Crippen molar-refractivity contribution in [3.63, 3.8) is 0 Å². The summed E-state index contributed by atoms with van der Waals surface area (Å²) >= 11 is 25.0. The minimum Gasteiger partial charge on any atom is -0.350 e. The SMILES string of the molecule is CC[C@@H](C(=O)NC(C)(C)C)N(Cc1ccc(Cl)cc1Cl)C(=O)CN(c1cc(Cl)cc(Cl)c1)S(=O)(=O)c1ccccc1. The van der Waals surface area contributed by atoms with Crippen LogP contribution in [0.2, 0.25) is 20.1 Å². The number of hydrogen-bond acceptors (Lipinski definition) is 4. The first-order valence-electron chi connectivity index (χ1n) is 12.7. The molecule has 0 aliphatic rings. The van der Waals surface area contributed by atoms with Crippen molar-refractivity contribution in [3.05, 3.63) is 92.4 Å². The molecule has 0 bridgehead atoms. The highest BCUT2D eigenvalue weighted by atomic mass is 35.5. The molecule has 0 saturated heterocycles. The molecule has 220 valence electrons. The Morgan fingerprint density at radius 2 is 1.49 bits per heavy atom. The van der Waals surface area contributed by atoms with Crippen molar-refractivity contribution in [3.8, 4) is 0 Å². The van der Waals surface area contributed by atoms with Crippen molar-refractivity contribution in [2.45, 2.75) is 57.1 Å². The van der Waals surface area contributed by atoms with E-state index in [2.05, 4.69) is 5.32 Å². The standard InChI is InChI=1S/C29H31Cl4N3O4S/c1-5-26(28(38)34-29(2,3)4)35(17-19-11-12-20(30)16-25(19)33)27(37)18-36(23-14-21(31)13-22(32)15-23)41(39,40)24-9-7-6-8-10-24/h6-16,26H,5,17-18H2,1-4H3,(H,34,38)/t26-/m0/s1. The van der Waals surface area contributed by atoms with Gasteiger partial charge in [0.15, 0.2) is 0 Å². The topological polar surface area (TPSA) is 86.8 Å². The van der Waals surface area contributed by atoms with Crippen molar-refractivity contribution in [1.82, 2.24) is 10.2 Å². The molecule has 1 atom stereocenters. The first-order chi connectivity index (χ1) is 19.1. The summed E-state index contributed by atoms with van der Waals surface area (Å²) in [4.78, 5) is 28.8. The molecule has 2 amide bonds. The highest BCUT2D eigenvalue weighted by Gasteiger charge is 2.35. The lowest BCUT2D eigenvalue weighted by molar-refractivity contribution is -0.141. The number of benzene rings is 3. The third-order valence-corrected chi connectivity index (χ3v) is 8.80. The summed E-state index contributed by atoms with van der Waals surface area (Å²) in [6, 6.07) is 15.9. The number of anilines is 1. The smallest absolute Gasteiger partial charge is 0.264 e. The van der Waals surface area contributed by atoms with Crippen LogP contribution in [0.1, 0.15) is 39.7 Å². The number of hydrogen-bond donors (Lipinski definition) is 1. The Morgan fingerprint density at radius 1 is 0.878 bits per heavy atom. The summed E-state index contributed by atoms with van der Waals surface area (Å²) in [5, 5.41) is 4.01. The van der Waals surface area contributed by atoms with Gasteiger partial charge in [-0.25, -0.2) is 8.42 Å². The minimum atomic E-state index is -4.26. The van der Waals surface area contributed by atoms with Crippen LogP contribution in [0.4, 0.5) is 5.69 Å². The van der Waals surface area contributed by atoms with Gasteiger partial charge in [0.2, 0.25) is 11.8 Å². The van der Waals surface area contributed by atoms with Crippen LogP contribution < -0.4 is 9.62 Å². The van der Waals surface area contributed by atoms with E-state index in [4.69, 9.17) is 46.4 Å². The fourth-order valence-corrected chi connectivity index (χ4v) is 6.54. The Balaban J connectivity index is 2.12. The summed E-state index contributed by atoms with van der Waals surface area (Å²) in [5.41, 5.74) is 0.0585. The van der Waals surface area contributed by atoms with Crippen LogP contribution in [0.15, 0.2) is 71.6 Å².